The van der Waals surface area contributed by atoms with E-state index in [9.17, 15) is 27.6 Å². The fourth-order valence-corrected chi connectivity index (χ4v) is 5.55. The molecular weight excluding hydrogens is 533 g/mol. The first-order valence-corrected chi connectivity index (χ1v) is 13.1. The Morgan fingerprint density at radius 2 is 1.92 bits per heavy atom. The number of fused-ring (bicyclic) bond motifs is 1. The Kier molecular flexibility index (Phi) is 7.48. The summed E-state index contributed by atoms with van der Waals surface area (Å²) in [5.74, 6) is -0.871. The molecule has 0 bridgehead atoms. The van der Waals surface area contributed by atoms with Crippen LogP contribution in [0.25, 0.3) is 10.2 Å². The molecule has 1 aliphatic heterocycles. The van der Waals surface area contributed by atoms with Gasteiger partial charge in [0.1, 0.15) is 11.1 Å². The molecule has 2 aromatic carbocycles. The van der Waals surface area contributed by atoms with E-state index in [1.807, 2.05) is 0 Å². The molecule has 207 valence electrons. The molecule has 2 atom stereocenters. The van der Waals surface area contributed by atoms with Crippen LogP contribution in [0.2, 0.25) is 0 Å². The van der Waals surface area contributed by atoms with Gasteiger partial charge in [-0.1, -0.05) is 17.4 Å². The average molecular weight is 563 g/mol. The second-order valence-electron chi connectivity index (χ2n) is 10.5. The monoisotopic (exact) mass is 562 g/mol. The van der Waals surface area contributed by atoms with Gasteiger partial charge in [0.25, 0.3) is 0 Å². The van der Waals surface area contributed by atoms with E-state index in [1.54, 1.807) is 39.0 Å². The molecule has 8 nitrogen and oxygen atoms in total. The number of halogens is 3. The number of alkyl halides is 3. The summed E-state index contributed by atoms with van der Waals surface area (Å²) in [7, 11) is 1.48. The Balaban J connectivity index is 1.90. The van der Waals surface area contributed by atoms with Crippen LogP contribution in [0.3, 0.4) is 0 Å². The van der Waals surface area contributed by atoms with Gasteiger partial charge in [0, 0.05) is 31.7 Å². The number of ether oxygens (including phenoxy) is 1. The number of benzene rings is 2. The van der Waals surface area contributed by atoms with Crippen molar-refractivity contribution in [3.63, 3.8) is 0 Å². The number of rotatable bonds is 4. The van der Waals surface area contributed by atoms with Crippen LogP contribution in [-0.4, -0.2) is 53.0 Å². The van der Waals surface area contributed by atoms with Crippen molar-refractivity contribution in [2.45, 2.75) is 58.4 Å². The number of hydrogen-bond donors (Lipinski definition) is 1. The van der Waals surface area contributed by atoms with Gasteiger partial charge in [-0.15, -0.1) is 0 Å². The minimum Gasteiger partial charge on any atom is -0.444 e. The maximum absolute atomic E-state index is 14.5. The Morgan fingerprint density at radius 1 is 1.21 bits per heavy atom. The highest BCUT2D eigenvalue weighted by atomic mass is 32.1. The lowest BCUT2D eigenvalue weighted by Gasteiger charge is -2.35. The molecule has 0 aliphatic carbocycles. The minimum absolute atomic E-state index is 0.0626. The van der Waals surface area contributed by atoms with E-state index in [-0.39, 0.29) is 29.0 Å². The maximum atomic E-state index is 14.5. The van der Waals surface area contributed by atoms with E-state index >= 15 is 0 Å². The topological polar surface area (TPSA) is 88.6 Å². The van der Waals surface area contributed by atoms with Crippen LogP contribution in [0.15, 0.2) is 36.4 Å². The SMILES string of the molecule is CC(=O)Nc1nc2c([N+](C)(C(=O)[C@@H]3CCCN3C(=O)OC(C)(C)C)c3[c]ccc(C(F)(F)F)c3)cccc2s1. The maximum Gasteiger partial charge on any atom is 0.416 e. The molecule has 2 heterocycles. The Labute approximate surface area is 228 Å². The van der Waals surface area contributed by atoms with Crippen molar-refractivity contribution >= 4 is 56.0 Å². The lowest BCUT2D eigenvalue weighted by Crippen LogP contribution is -2.56. The molecular formula is C27H29F3N4O4S+. The Morgan fingerprint density at radius 3 is 2.56 bits per heavy atom. The van der Waals surface area contributed by atoms with E-state index in [2.05, 4.69) is 16.4 Å². The molecule has 1 radical (unpaired) electrons. The largest absolute Gasteiger partial charge is 0.444 e. The summed E-state index contributed by atoms with van der Waals surface area (Å²) < 4.78 is 46.6. The van der Waals surface area contributed by atoms with E-state index in [4.69, 9.17) is 4.74 Å². The third kappa shape index (κ3) is 5.76. The molecule has 1 unspecified atom stereocenters. The number of quaternary nitrogens is 1. The Hall–Kier alpha value is -3.51. The van der Waals surface area contributed by atoms with E-state index < -0.39 is 39.9 Å². The normalized spacial score (nSPS) is 17.6. The third-order valence-corrected chi connectivity index (χ3v) is 7.30. The van der Waals surface area contributed by atoms with E-state index in [1.165, 1.54) is 30.2 Å². The first kappa shape index (κ1) is 28.5. The highest BCUT2D eigenvalue weighted by Gasteiger charge is 2.50. The quantitative estimate of drug-likeness (QED) is 0.379. The first-order valence-electron chi connectivity index (χ1n) is 12.3. The molecule has 1 aromatic heterocycles. The second kappa shape index (κ2) is 10.2. The number of nitrogens with zero attached hydrogens (tertiary/aromatic N) is 3. The number of hydrogen-bond acceptors (Lipinski definition) is 6. The van der Waals surface area contributed by atoms with Crippen LogP contribution >= 0.6 is 11.3 Å². The van der Waals surface area contributed by atoms with Crippen LogP contribution in [0.1, 0.15) is 46.1 Å². The number of carbonyl (C=O) groups excluding carboxylic acids is 3. The summed E-state index contributed by atoms with van der Waals surface area (Å²) in [4.78, 5) is 45.0. The number of nitrogens with one attached hydrogen (secondary N) is 1. The number of anilines is 1. The summed E-state index contributed by atoms with van der Waals surface area (Å²) >= 11 is 1.18. The molecule has 39 heavy (non-hydrogen) atoms. The van der Waals surface area contributed by atoms with Gasteiger partial charge in [0.15, 0.2) is 22.5 Å². The molecule has 3 amide bonds. The van der Waals surface area contributed by atoms with Gasteiger partial charge in [0.05, 0.1) is 17.3 Å². The third-order valence-electron chi connectivity index (χ3n) is 6.36. The van der Waals surface area contributed by atoms with Crippen molar-refractivity contribution in [1.82, 2.24) is 14.4 Å². The molecule has 3 aromatic rings. The van der Waals surface area contributed by atoms with Crippen molar-refractivity contribution < 1.29 is 32.3 Å². The standard InChI is InChI=1S/C27H28F3N4O4S/c1-16(35)31-24-32-22-20(12-7-13-21(22)39-24)34(5,18-10-6-9-17(15-18)27(28,29)30)23(36)19-11-8-14-33(19)25(37)38-26(2,3)4/h6-7,9,12-13,15,19H,8,11,14H2,1-5H3/p+1/t19-,34?/m0/s1. The molecule has 1 saturated heterocycles. The highest BCUT2D eigenvalue weighted by Crippen LogP contribution is 2.43. The van der Waals surface area contributed by atoms with Gasteiger partial charge in [-0.25, -0.2) is 14.6 Å². The number of aromatic nitrogens is 1. The molecule has 0 spiro atoms. The highest BCUT2D eigenvalue weighted by molar-refractivity contribution is 7.22. The molecule has 1 aliphatic rings. The van der Waals surface area contributed by atoms with Crippen molar-refractivity contribution in [1.29, 1.82) is 0 Å². The van der Waals surface area contributed by atoms with Gasteiger partial charge in [-0.05, 0) is 51.8 Å². The van der Waals surface area contributed by atoms with Gasteiger partial charge >= 0.3 is 18.2 Å². The van der Waals surface area contributed by atoms with E-state index in [0.717, 1.165) is 18.2 Å². The summed E-state index contributed by atoms with van der Waals surface area (Å²) in [6.07, 6.45) is -4.48. The van der Waals surface area contributed by atoms with Crippen molar-refractivity contribution in [2.24, 2.45) is 0 Å². The number of carbonyl (C=O) groups is 3. The van der Waals surface area contributed by atoms with Crippen LogP contribution < -0.4 is 9.80 Å². The van der Waals surface area contributed by atoms with Gasteiger partial charge < -0.3 is 10.1 Å². The van der Waals surface area contributed by atoms with Gasteiger partial charge in [-0.3, -0.25) is 9.69 Å². The zero-order valence-electron chi connectivity index (χ0n) is 22.2. The van der Waals surface area contributed by atoms with Crippen LogP contribution in [0, 0.1) is 6.07 Å². The first-order chi connectivity index (χ1) is 18.1. The van der Waals surface area contributed by atoms with Gasteiger partial charge in [0.2, 0.25) is 5.91 Å². The number of para-hydroxylation sites is 1. The molecule has 4 rings (SSSR count). The number of likely N-dealkylation sites (N-methyl/N-ethyl adjacent to an activating group) is 1. The molecule has 12 heteroatoms. The summed E-state index contributed by atoms with van der Waals surface area (Å²) in [6, 6.07) is 9.81. The fraction of sp³-hybridized carbons (Fsp3) is 0.407. The number of thiazole rings is 1. The van der Waals surface area contributed by atoms with Crippen LogP contribution in [-0.2, 0) is 20.5 Å². The zero-order chi connectivity index (χ0) is 28.8. The average Bonchev–Trinajstić information content (AvgIpc) is 3.48. The lowest BCUT2D eigenvalue weighted by atomic mass is 10.1. The Bertz CT molecular complexity index is 1430. The molecule has 1 fully saturated rings. The summed E-state index contributed by atoms with van der Waals surface area (Å²) in [5.41, 5.74) is -1.17. The van der Waals surface area contributed by atoms with Crippen LogP contribution in [0.4, 0.5) is 34.5 Å². The summed E-state index contributed by atoms with van der Waals surface area (Å²) in [6.45, 7) is 6.74. The minimum atomic E-state index is -4.65. The zero-order valence-corrected chi connectivity index (χ0v) is 23.0. The smallest absolute Gasteiger partial charge is 0.416 e. The van der Waals surface area contributed by atoms with Crippen molar-refractivity contribution in [3.05, 3.63) is 48.0 Å². The van der Waals surface area contributed by atoms with Crippen molar-refractivity contribution in [3.8, 4) is 0 Å². The summed E-state index contributed by atoms with van der Waals surface area (Å²) in [5, 5.41) is 2.91. The van der Waals surface area contributed by atoms with Crippen LogP contribution in [0.5, 0.6) is 0 Å². The number of amides is 3. The lowest BCUT2D eigenvalue weighted by molar-refractivity contribution is -0.138. The molecule has 1 N–H and O–H groups in total. The fourth-order valence-electron chi connectivity index (χ4n) is 4.62. The predicted octanol–water partition coefficient (Wildman–Crippen LogP) is 6.27. The van der Waals surface area contributed by atoms with Gasteiger partial charge in [-0.2, -0.15) is 17.7 Å². The second-order valence-corrected chi connectivity index (χ2v) is 11.5. The van der Waals surface area contributed by atoms with E-state index in [0.29, 0.717) is 23.1 Å². The number of likely N-dealkylation sites (tertiary alicyclic amines) is 1. The predicted molar refractivity (Wildman–Crippen MR) is 143 cm³/mol. The molecule has 0 saturated carbocycles. The van der Waals surface area contributed by atoms with Crippen molar-refractivity contribution in [2.75, 3.05) is 18.9 Å².